The molecule has 1 aliphatic rings. The predicted octanol–water partition coefficient (Wildman–Crippen LogP) is 1.54. The third-order valence-electron chi connectivity index (χ3n) is 3.33. The smallest absolute Gasteiger partial charge is 0.339 e. The highest BCUT2D eigenvalue weighted by molar-refractivity contribution is 7.90. The minimum Gasteiger partial charge on any atom is -0.496 e. The second kappa shape index (κ2) is 6.31. The minimum atomic E-state index is -3.61. The van der Waals surface area contributed by atoms with Crippen LogP contribution in [0.5, 0.6) is 5.75 Å². The molecule has 0 atom stereocenters. The number of piperidine rings is 1. The lowest BCUT2D eigenvalue weighted by molar-refractivity contribution is 0.0693. The molecule has 1 saturated heterocycles. The van der Waals surface area contributed by atoms with Gasteiger partial charge in [0, 0.05) is 19.2 Å². The van der Waals surface area contributed by atoms with Crippen molar-refractivity contribution < 1.29 is 23.1 Å². The van der Waals surface area contributed by atoms with Crippen LogP contribution in [0, 0.1) is 0 Å². The summed E-state index contributed by atoms with van der Waals surface area (Å²) >= 11 is 0. The van der Waals surface area contributed by atoms with E-state index in [0.29, 0.717) is 13.1 Å². The number of hydrogen-bond acceptors (Lipinski definition) is 4. The average molecular weight is 314 g/mol. The van der Waals surface area contributed by atoms with Crippen molar-refractivity contribution in [3.05, 3.63) is 23.8 Å². The SMILES string of the molecule is COc1cc(NS(=O)(=O)N2CCCCC2)ccc1C(=O)O. The van der Waals surface area contributed by atoms with Crippen LogP contribution in [0.4, 0.5) is 5.69 Å². The molecule has 0 amide bonds. The number of methoxy groups -OCH3 is 1. The second-order valence-corrected chi connectivity index (χ2v) is 6.46. The molecule has 0 spiro atoms. The first-order valence-corrected chi connectivity index (χ1v) is 8.07. The van der Waals surface area contributed by atoms with E-state index < -0.39 is 16.2 Å². The van der Waals surface area contributed by atoms with Gasteiger partial charge < -0.3 is 9.84 Å². The Labute approximate surface area is 123 Å². The molecule has 1 heterocycles. The van der Waals surface area contributed by atoms with Gasteiger partial charge in [-0.2, -0.15) is 12.7 Å². The van der Waals surface area contributed by atoms with Crippen LogP contribution in [0.3, 0.4) is 0 Å². The molecule has 0 aromatic heterocycles. The molecule has 1 aliphatic heterocycles. The van der Waals surface area contributed by atoms with Gasteiger partial charge in [0.2, 0.25) is 0 Å². The number of nitrogens with zero attached hydrogens (tertiary/aromatic N) is 1. The Bertz CT molecular complexity index is 623. The fourth-order valence-corrected chi connectivity index (χ4v) is 3.54. The third-order valence-corrected chi connectivity index (χ3v) is 4.87. The molecule has 2 rings (SSSR count). The molecular weight excluding hydrogens is 296 g/mol. The predicted molar refractivity (Wildman–Crippen MR) is 77.9 cm³/mol. The topological polar surface area (TPSA) is 95.9 Å². The molecule has 0 saturated carbocycles. The molecule has 0 bridgehead atoms. The lowest BCUT2D eigenvalue weighted by Crippen LogP contribution is -2.39. The van der Waals surface area contributed by atoms with Gasteiger partial charge in [-0.3, -0.25) is 4.72 Å². The number of aromatic carboxylic acids is 1. The van der Waals surface area contributed by atoms with Crippen LogP contribution < -0.4 is 9.46 Å². The Morgan fingerprint density at radius 3 is 2.52 bits per heavy atom. The number of anilines is 1. The number of carbonyl (C=O) groups is 1. The molecule has 0 aliphatic carbocycles. The summed E-state index contributed by atoms with van der Waals surface area (Å²) in [5.74, 6) is -1.02. The van der Waals surface area contributed by atoms with E-state index in [4.69, 9.17) is 9.84 Å². The first-order chi connectivity index (χ1) is 9.94. The fourth-order valence-electron chi connectivity index (χ4n) is 2.25. The number of ether oxygens (including phenoxy) is 1. The number of rotatable bonds is 5. The molecule has 1 aromatic carbocycles. The number of hydrogen-bond donors (Lipinski definition) is 2. The molecule has 8 heteroatoms. The van der Waals surface area contributed by atoms with Crippen molar-refractivity contribution >= 4 is 21.9 Å². The average Bonchev–Trinajstić information content (AvgIpc) is 2.47. The van der Waals surface area contributed by atoms with Crippen molar-refractivity contribution in [3.63, 3.8) is 0 Å². The summed E-state index contributed by atoms with van der Waals surface area (Å²) in [6.07, 6.45) is 2.73. The Morgan fingerprint density at radius 1 is 1.29 bits per heavy atom. The highest BCUT2D eigenvalue weighted by Gasteiger charge is 2.24. The molecule has 2 N–H and O–H groups in total. The maximum Gasteiger partial charge on any atom is 0.339 e. The normalized spacial score (nSPS) is 16.4. The fraction of sp³-hybridized carbons (Fsp3) is 0.462. The molecular formula is C13H18N2O5S. The van der Waals surface area contributed by atoms with E-state index in [9.17, 15) is 13.2 Å². The van der Waals surface area contributed by atoms with Gasteiger partial charge in [-0.15, -0.1) is 0 Å². The maximum absolute atomic E-state index is 12.2. The van der Waals surface area contributed by atoms with E-state index >= 15 is 0 Å². The second-order valence-electron chi connectivity index (χ2n) is 4.79. The lowest BCUT2D eigenvalue weighted by Gasteiger charge is -2.26. The number of benzene rings is 1. The van der Waals surface area contributed by atoms with E-state index in [0.717, 1.165) is 19.3 Å². The van der Waals surface area contributed by atoms with Gasteiger partial charge in [0.1, 0.15) is 11.3 Å². The summed E-state index contributed by atoms with van der Waals surface area (Å²) in [5, 5.41) is 9.00. The van der Waals surface area contributed by atoms with Gasteiger partial charge in [-0.05, 0) is 25.0 Å². The van der Waals surface area contributed by atoms with Crippen molar-refractivity contribution in [2.24, 2.45) is 0 Å². The summed E-state index contributed by atoms with van der Waals surface area (Å²) in [4.78, 5) is 11.0. The van der Waals surface area contributed by atoms with E-state index in [1.54, 1.807) is 0 Å². The molecule has 1 aromatic rings. The summed E-state index contributed by atoms with van der Waals surface area (Å²) in [7, 11) is -2.28. The van der Waals surface area contributed by atoms with Crippen LogP contribution >= 0.6 is 0 Å². The highest BCUT2D eigenvalue weighted by Crippen LogP contribution is 2.25. The number of nitrogens with one attached hydrogen (secondary N) is 1. The van der Waals surface area contributed by atoms with Crippen LogP contribution in [0.2, 0.25) is 0 Å². The number of carboxylic acids is 1. The molecule has 0 unspecified atom stereocenters. The van der Waals surface area contributed by atoms with Gasteiger partial charge >= 0.3 is 16.2 Å². The largest absolute Gasteiger partial charge is 0.496 e. The Balaban J connectivity index is 2.20. The van der Waals surface area contributed by atoms with Gasteiger partial charge in [0.15, 0.2) is 0 Å². The van der Waals surface area contributed by atoms with E-state index in [-0.39, 0.29) is 17.0 Å². The van der Waals surface area contributed by atoms with Gasteiger partial charge in [0.05, 0.1) is 12.8 Å². The van der Waals surface area contributed by atoms with E-state index in [2.05, 4.69) is 4.72 Å². The van der Waals surface area contributed by atoms with Gasteiger partial charge in [-0.1, -0.05) is 6.42 Å². The zero-order valence-corrected chi connectivity index (χ0v) is 12.5. The Kier molecular flexibility index (Phi) is 4.69. The standard InChI is InChI=1S/C13H18N2O5S/c1-20-12-9-10(5-6-11(12)13(16)17)14-21(18,19)15-7-3-2-4-8-15/h5-6,9,14H,2-4,7-8H2,1H3,(H,16,17). The first kappa shape index (κ1) is 15.6. The van der Waals surface area contributed by atoms with Crippen molar-refractivity contribution in [1.29, 1.82) is 0 Å². The Morgan fingerprint density at radius 2 is 1.95 bits per heavy atom. The number of carboxylic acid groups (broad SMARTS) is 1. The van der Waals surface area contributed by atoms with Crippen LogP contribution in [0.1, 0.15) is 29.6 Å². The molecule has 0 radical (unpaired) electrons. The summed E-state index contributed by atoms with van der Waals surface area (Å²) < 4.78 is 33.3. The van der Waals surface area contributed by atoms with Crippen LogP contribution in [0.25, 0.3) is 0 Å². The van der Waals surface area contributed by atoms with Crippen molar-refractivity contribution in [1.82, 2.24) is 4.31 Å². The third kappa shape index (κ3) is 3.64. The van der Waals surface area contributed by atoms with E-state index in [1.165, 1.54) is 29.6 Å². The van der Waals surface area contributed by atoms with Crippen LogP contribution in [-0.4, -0.2) is 44.0 Å². The highest BCUT2D eigenvalue weighted by atomic mass is 32.2. The molecule has 7 nitrogen and oxygen atoms in total. The van der Waals surface area contributed by atoms with Crippen molar-refractivity contribution in [2.75, 3.05) is 24.9 Å². The summed E-state index contributed by atoms with van der Waals surface area (Å²) in [5.41, 5.74) is 0.265. The molecule has 1 fully saturated rings. The Hall–Kier alpha value is -1.80. The molecule has 21 heavy (non-hydrogen) atoms. The monoisotopic (exact) mass is 314 g/mol. The zero-order chi connectivity index (χ0) is 15.5. The quantitative estimate of drug-likeness (QED) is 0.859. The molecule has 116 valence electrons. The zero-order valence-electron chi connectivity index (χ0n) is 11.7. The van der Waals surface area contributed by atoms with E-state index in [1.807, 2.05) is 0 Å². The van der Waals surface area contributed by atoms with Gasteiger partial charge in [0.25, 0.3) is 0 Å². The summed E-state index contributed by atoms with van der Waals surface area (Å²) in [6.45, 7) is 0.999. The van der Waals surface area contributed by atoms with Crippen LogP contribution in [0.15, 0.2) is 18.2 Å². The lowest BCUT2D eigenvalue weighted by atomic mass is 10.2. The first-order valence-electron chi connectivity index (χ1n) is 6.63. The van der Waals surface area contributed by atoms with Crippen LogP contribution in [-0.2, 0) is 10.2 Å². The minimum absolute atomic E-state index is 0.0154. The van der Waals surface area contributed by atoms with Crippen molar-refractivity contribution in [3.8, 4) is 5.75 Å². The summed E-state index contributed by atoms with van der Waals surface area (Å²) in [6, 6.07) is 4.09. The maximum atomic E-state index is 12.2. The van der Waals surface area contributed by atoms with Crippen molar-refractivity contribution in [2.45, 2.75) is 19.3 Å². The van der Waals surface area contributed by atoms with Gasteiger partial charge in [-0.25, -0.2) is 4.79 Å².